The van der Waals surface area contributed by atoms with E-state index in [9.17, 15) is 0 Å². The maximum atomic E-state index is 8.44. The van der Waals surface area contributed by atoms with Crippen LogP contribution in [0.3, 0.4) is 0 Å². The smallest absolute Gasteiger partial charge is 0.122 e. The van der Waals surface area contributed by atoms with E-state index in [0.717, 1.165) is 39.3 Å². The van der Waals surface area contributed by atoms with Gasteiger partial charge in [-0.25, -0.2) is 0 Å². The van der Waals surface area contributed by atoms with Crippen molar-refractivity contribution in [1.82, 2.24) is 9.97 Å². The van der Waals surface area contributed by atoms with Crippen molar-refractivity contribution >= 4 is 0 Å². The number of hydrogen-bond donors (Lipinski definition) is 0. The van der Waals surface area contributed by atoms with Crippen molar-refractivity contribution in [2.45, 2.75) is 33.9 Å². The maximum absolute atomic E-state index is 8.44. The van der Waals surface area contributed by atoms with Crippen molar-refractivity contribution in [1.29, 1.82) is 0 Å². The van der Waals surface area contributed by atoms with Crippen LogP contribution in [-0.4, -0.2) is 9.97 Å². The molecule has 0 aliphatic carbocycles. The number of fused-ring (bicyclic) bond motifs is 5. The van der Waals surface area contributed by atoms with E-state index in [1.54, 1.807) is 24.4 Å². The van der Waals surface area contributed by atoms with Crippen molar-refractivity contribution in [2.75, 3.05) is 0 Å². The molecule has 0 saturated carbocycles. The fourth-order valence-corrected chi connectivity index (χ4v) is 4.91. The van der Waals surface area contributed by atoms with Crippen LogP contribution in [0.1, 0.15) is 41.5 Å². The predicted molar refractivity (Wildman–Crippen MR) is 176 cm³/mol. The van der Waals surface area contributed by atoms with E-state index in [0.29, 0.717) is 22.5 Å². The second-order valence-electron chi connectivity index (χ2n) is 10.4. The summed E-state index contributed by atoms with van der Waals surface area (Å²) < 4.78 is 66.8. The fourth-order valence-electron chi connectivity index (χ4n) is 4.91. The molecule has 1 aliphatic heterocycles. The molecular formula is C40H34IrN2O-2. The minimum absolute atomic E-state index is 0. The van der Waals surface area contributed by atoms with E-state index in [2.05, 4.69) is 40.3 Å². The van der Waals surface area contributed by atoms with Gasteiger partial charge in [0.05, 0.1) is 5.75 Å². The first-order valence-electron chi connectivity index (χ1n) is 18.0. The van der Waals surface area contributed by atoms with E-state index in [4.69, 9.17) is 15.7 Å². The van der Waals surface area contributed by atoms with Gasteiger partial charge in [0.25, 0.3) is 0 Å². The second kappa shape index (κ2) is 13.9. The molecule has 0 amide bonds. The summed E-state index contributed by atoms with van der Waals surface area (Å²) in [6.45, 7) is -0.560. The number of aryl methyl sites for hydroxylation is 2. The Labute approximate surface area is 285 Å². The van der Waals surface area contributed by atoms with Crippen molar-refractivity contribution in [3.8, 4) is 56.3 Å². The van der Waals surface area contributed by atoms with Gasteiger partial charge in [-0.2, -0.15) is 0 Å². The molecule has 221 valence electrons. The van der Waals surface area contributed by atoms with E-state index < -0.39 is 20.1 Å². The molecule has 0 N–H and O–H groups in total. The molecule has 4 aromatic carbocycles. The van der Waals surface area contributed by atoms with Gasteiger partial charge in [0.15, 0.2) is 0 Å². The van der Waals surface area contributed by atoms with E-state index in [1.807, 2.05) is 62.4 Å². The van der Waals surface area contributed by atoms with Crippen LogP contribution in [0.25, 0.3) is 44.8 Å². The van der Waals surface area contributed by atoms with E-state index in [-0.39, 0.29) is 37.2 Å². The van der Waals surface area contributed by atoms with Gasteiger partial charge >= 0.3 is 0 Å². The Morgan fingerprint density at radius 3 is 2.14 bits per heavy atom. The maximum Gasteiger partial charge on any atom is 0.122 e. The van der Waals surface area contributed by atoms with Gasteiger partial charge in [-0.3, -0.25) is 0 Å². The van der Waals surface area contributed by atoms with Crippen molar-refractivity contribution in [3.05, 3.63) is 144 Å². The molecule has 0 saturated heterocycles. The first-order valence-corrected chi connectivity index (χ1v) is 14.0. The van der Waals surface area contributed by atoms with Crippen LogP contribution in [0.2, 0.25) is 0 Å². The van der Waals surface area contributed by atoms with E-state index in [1.165, 1.54) is 24.4 Å². The van der Waals surface area contributed by atoms with Crippen LogP contribution in [0.5, 0.6) is 11.5 Å². The Hall–Kier alpha value is -4.37. The Morgan fingerprint density at radius 2 is 1.43 bits per heavy atom. The van der Waals surface area contributed by atoms with Gasteiger partial charge < -0.3 is 14.7 Å². The summed E-state index contributed by atoms with van der Waals surface area (Å²) in [5, 5.41) is 0. The van der Waals surface area contributed by atoms with Crippen LogP contribution in [-0.2, 0) is 26.5 Å². The average Bonchev–Trinajstić information content (AvgIpc) is 3.25. The monoisotopic (exact) mass is 759 g/mol. The van der Waals surface area contributed by atoms with Crippen LogP contribution in [0.15, 0.2) is 116 Å². The van der Waals surface area contributed by atoms with Crippen molar-refractivity contribution in [2.24, 2.45) is 5.92 Å². The summed E-state index contributed by atoms with van der Waals surface area (Å²) in [5.41, 5.74) is 7.92. The first-order chi connectivity index (χ1) is 24.1. The third-order valence-corrected chi connectivity index (χ3v) is 6.87. The van der Waals surface area contributed by atoms with Crippen LogP contribution in [0.4, 0.5) is 0 Å². The fraction of sp³-hybridized carbons (Fsp3) is 0.150. The van der Waals surface area contributed by atoms with Crippen molar-refractivity contribution < 1.29 is 35.8 Å². The third kappa shape index (κ3) is 7.05. The summed E-state index contributed by atoms with van der Waals surface area (Å²) in [5.74, 6) is 1.42. The summed E-state index contributed by atoms with van der Waals surface area (Å²) in [7, 11) is 0. The molecule has 1 radical (unpaired) electrons. The van der Waals surface area contributed by atoms with Crippen LogP contribution >= 0.6 is 0 Å². The van der Waals surface area contributed by atoms with Gasteiger partial charge in [0.1, 0.15) is 5.75 Å². The van der Waals surface area contributed by atoms with Gasteiger partial charge in [0, 0.05) is 49.0 Å². The number of nitrogens with zero attached hydrogens (tertiary/aromatic N) is 2. The zero-order valence-electron chi connectivity index (χ0n) is 32.2. The van der Waals surface area contributed by atoms with Gasteiger partial charge in [0.2, 0.25) is 0 Å². The SMILES string of the molecule is [2H]C([2H])([2H])c1c[c-]c(-c2ccc(C([2H])([2H])[2H])cn2)cc1.[2H]C([2H])(c1ccnc(-c2[c-]cc3c(c2)-c2ccccc2-c2ccccc2O3)c1)C(C)C.[Ir]. The number of benzene rings is 4. The minimum atomic E-state index is -2.18. The number of ether oxygens (including phenoxy) is 1. The second-order valence-corrected chi connectivity index (χ2v) is 10.4. The average molecular weight is 759 g/mol. The number of rotatable bonds is 4. The Kier molecular flexibility index (Phi) is 7.03. The zero-order chi connectivity index (χ0) is 36.6. The largest absolute Gasteiger partial charge is 0.500 e. The standard InChI is InChI=1S/C27H22NO.C13H12N.Ir/c1-18(2)15-19-13-14-28-25(16-19)20-11-12-27-24(17-20)22-8-4-3-7-21(22)23-9-5-6-10-26(23)29-27;1-10-3-6-12(7-4-10)13-8-5-11(2)9-14-13;/h3-10,12-14,16-18H,15H2,1-2H3;3-6,8-9H,1-2H3;/q2*-1;/i15D2;1D3,2D3;. The van der Waals surface area contributed by atoms with Crippen LogP contribution < -0.4 is 4.74 Å². The molecule has 2 aromatic heterocycles. The Morgan fingerprint density at radius 1 is 0.705 bits per heavy atom. The first kappa shape index (κ1) is 22.2. The van der Waals surface area contributed by atoms with Crippen molar-refractivity contribution in [3.63, 3.8) is 0 Å². The normalized spacial score (nSPS) is 14.6. The molecule has 7 rings (SSSR count). The molecule has 4 heteroatoms. The summed E-state index contributed by atoms with van der Waals surface area (Å²) in [4.78, 5) is 8.59. The number of para-hydroxylation sites is 1. The molecule has 0 fully saturated rings. The molecular weight excluding hydrogens is 717 g/mol. The van der Waals surface area contributed by atoms with Gasteiger partial charge in [-0.1, -0.05) is 92.5 Å². The minimum Gasteiger partial charge on any atom is -0.500 e. The molecule has 0 atom stereocenters. The molecule has 3 nitrogen and oxygen atoms in total. The van der Waals surface area contributed by atoms with Gasteiger partial charge in [-0.15, -0.1) is 59.2 Å². The van der Waals surface area contributed by atoms with Crippen LogP contribution in [0, 0.1) is 31.8 Å². The molecule has 0 bridgehead atoms. The zero-order valence-corrected chi connectivity index (χ0v) is 26.6. The van der Waals surface area contributed by atoms with E-state index >= 15 is 0 Å². The molecule has 0 spiro atoms. The Bertz CT molecular complexity index is 2110. The predicted octanol–water partition coefficient (Wildman–Crippen LogP) is 10.4. The molecule has 1 aliphatic rings. The third-order valence-electron chi connectivity index (χ3n) is 6.87. The Balaban J connectivity index is 0.000000217. The number of hydrogen-bond acceptors (Lipinski definition) is 3. The topological polar surface area (TPSA) is 35.0 Å². The summed E-state index contributed by atoms with van der Waals surface area (Å²) >= 11 is 0. The number of pyridine rings is 2. The van der Waals surface area contributed by atoms with Gasteiger partial charge in [-0.05, 0) is 59.4 Å². The summed E-state index contributed by atoms with van der Waals surface area (Å²) in [6.07, 6.45) is 1.54. The summed E-state index contributed by atoms with van der Waals surface area (Å²) in [6, 6.07) is 37.5. The number of aromatic nitrogens is 2. The quantitative estimate of drug-likeness (QED) is 0.168. The molecule has 3 heterocycles. The molecule has 0 unspecified atom stereocenters. The molecule has 44 heavy (non-hydrogen) atoms. The molecule has 6 aromatic rings.